The molecule has 0 saturated heterocycles. The van der Waals surface area contributed by atoms with Crippen molar-refractivity contribution >= 4 is 5.69 Å². The number of rotatable bonds is 5. The van der Waals surface area contributed by atoms with Crippen LogP contribution in [-0.2, 0) is 0 Å². The largest absolute Gasteiger partial charge is 0.368 e. The molecule has 1 saturated carbocycles. The van der Waals surface area contributed by atoms with E-state index >= 15 is 0 Å². The summed E-state index contributed by atoms with van der Waals surface area (Å²) in [5.41, 5.74) is 8.46. The highest BCUT2D eigenvalue weighted by atomic mass is 15.2. The fourth-order valence-corrected chi connectivity index (χ4v) is 2.86. The Morgan fingerprint density at radius 3 is 2.59 bits per heavy atom. The van der Waals surface area contributed by atoms with Crippen molar-refractivity contribution in [3.8, 4) is 0 Å². The van der Waals surface area contributed by atoms with Crippen LogP contribution < -0.4 is 10.6 Å². The summed E-state index contributed by atoms with van der Waals surface area (Å²) >= 11 is 0. The summed E-state index contributed by atoms with van der Waals surface area (Å²) in [6, 6.07) is 9.47. The summed E-state index contributed by atoms with van der Waals surface area (Å²) < 4.78 is 0. The minimum Gasteiger partial charge on any atom is -0.368 e. The van der Waals surface area contributed by atoms with Crippen LogP contribution in [0.25, 0.3) is 0 Å². The highest BCUT2D eigenvalue weighted by Gasteiger charge is 2.23. The van der Waals surface area contributed by atoms with Crippen LogP contribution >= 0.6 is 0 Å². The SMILES string of the molecule is Cc1ccccc1N(CCCN)C1CCCC1. The molecule has 94 valence electrons. The molecule has 0 heterocycles. The van der Waals surface area contributed by atoms with E-state index < -0.39 is 0 Å². The van der Waals surface area contributed by atoms with E-state index in [2.05, 4.69) is 36.1 Å². The number of hydrogen-bond acceptors (Lipinski definition) is 2. The van der Waals surface area contributed by atoms with Gasteiger partial charge in [-0.15, -0.1) is 0 Å². The minimum absolute atomic E-state index is 0.739. The van der Waals surface area contributed by atoms with Gasteiger partial charge in [0.2, 0.25) is 0 Å². The van der Waals surface area contributed by atoms with Crippen molar-refractivity contribution < 1.29 is 0 Å². The maximum atomic E-state index is 5.66. The number of hydrogen-bond donors (Lipinski definition) is 1. The summed E-state index contributed by atoms with van der Waals surface area (Å²) in [5, 5.41) is 0. The van der Waals surface area contributed by atoms with Gasteiger partial charge in [0.1, 0.15) is 0 Å². The Labute approximate surface area is 105 Å². The van der Waals surface area contributed by atoms with Crippen LogP contribution in [0.5, 0.6) is 0 Å². The maximum Gasteiger partial charge on any atom is 0.0398 e. The quantitative estimate of drug-likeness (QED) is 0.845. The molecule has 1 fully saturated rings. The molecule has 1 aliphatic rings. The monoisotopic (exact) mass is 232 g/mol. The summed E-state index contributed by atoms with van der Waals surface area (Å²) in [7, 11) is 0. The Hall–Kier alpha value is -1.02. The van der Waals surface area contributed by atoms with E-state index in [0.717, 1.165) is 25.6 Å². The third-order valence-corrected chi connectivity index (χ3v) is 3.79. The molecule has 0 spiro atoms. The van der Waals surface area contributed by atoms with E-state index in [-0.39, 0.29) is 0 Å². The van der Waals surface area contributed by atoms with Gasteiger partial charge in [0, 0.05) is 18.3 Å². The first-order valence-electron chi connectivity index (χ1n) is 6.85. The normalized spacial score (nSPS) is 16.4. The van der Waals surface area contributed by atoms with Crippen molar-refractivity contribution in [2.45, 2.75) is 45.1 Å². The van der Waals surface area contributed by atoms with Crippen LogP contribution in [-0.4, -0.2) is 19.1 Å². The molecule has 0 aromatic heterocycles. The summed E-state index contributed by atoms with van der Waals surface area (Å²) in [4.78, 5) is 2.59. The first kappa shape index (κ1) is 12.4. The Morgan fingerprint density at radius 1 is 1.24 bits per heavy atom. The molecule has 0 amide bonds. The lowest BCUT2D eigenvalue weighted by molar-refractivity contribution is 0.592. The predicted molar refractivity (Wildman–Crippen MR) is 74.5 cm³/mol. The summed E-state index contributed by atoms with van der Waals surface area (Å²) in [6.45, 7) is 4.10. The molecule has 1 aromatic rings. The van der Waals surface area contributed by atoms with Crippen molar-refractivity contribution in [3.63, 3.8) is 0 Å². The van der Waals surface area contributed by atoms with Gasteiger partial charge in [-0.25, -0.2) is 0 Å². The molecule has 2 heteroatoms. The van der Waals surface area contributed by atoms with Gasteiger partial charge in [0.25, 0.3) is 0 Å². The van der Waals surface area contributed by atoms with Crippen molar-refractivity contribution in [2.75, 3.05) is 18.0 Å². The van der Waals surface area contributed by atoms with Gasteiger partial charge in [-0.1, -0.05) is 31.0 Å². The maximum absolute atomic E-state index is 5.66. The van der Waals surface area contributed by atoms with Crippen LogP contribution in [0.2, 0.25) is 0 Å². The fourth-order valence-electron chi connectivity index (χ4n) is 2.86. The van der Waals surface area contributed by atoms with Crippen LogP contribution in [0.3, 0.4) is 0 Å². The third kappa shape index (κ3) is 3.01. The van der Waals surface area contributed by atoms with Gasteiger partial charge in [-0.3, -0.25) is 0 Å². The zero-order valence-electron chi connectivity index (χ0n) is 10.9. The molecule has 1 aromatic carbocycles. The van der Waals surface area contributed by atoms with Crippen molar-refractivity contribution in [1.29, 1.82) is 0 Å². The molecule has 1 aliphatic carbocycles. The number of anilines is 1. The minimum atomic E-state index is 0.739. The zero-order chi connectivity index (χ0) is 12.1. The topological polar surface area (TPSA) is 29.3 Å². The van der Waals surface area contributed by atoms with E-state index in [4.69, 9.17) is 5.73 Å². The number of benzene rings is 1. The second-order valence-corrected chi connectivity index (χ2v) is 5.06. The smallest absolute Gasteiger partial charge is 0.0398 e. The van der Waals surface area contributed by atoms with Gasteiger partial charge in [0.15, 0.2) is 0 Å². The van der Waals surface area contributed by atoms with E-state index in [9.17, 15) is 0 Å². The van der Waals surface area contributed by atoms with Gasteiger partial charge >= 0.3 is 0 Å². The molecule has 0 aliphatic heterocycles. The second-order valence-electron chi connectivity index (χ2n) is 5.06. The van der Waals surface area contributed by atoms with Crippen molar-refractivity contribution in [3.05, 3.63) is 29.8 Å². The zero-order valence-corrected chi connectivity index (χ0v) is 10.9. The van der Waals surface area contributed by atoms with Gasteiger partial charge < -0.3 is 10.6 Å². The summed E-state index contributed by atoms with van der Waals surface area (Å²) in [6.07, 6.45) is 6.55. The third-order valence-electron chi connectivity index (χ3n) is 3.79. The van der Waals surface area contributed by atoms with Gasteiger partial charge in [-0.05, 0) is 44.4 Å². The Bertz CT molecular complexity index is 343. The molecule has 17 heavy (non-hydrogen) atoms. The van der Waals surface area contributed by atoms with Crippen LogP contribution in [0, 0.1) is 6.92 Å². The Morgan fingerprint density at radius 2 is 1.94 bits per heavy atom. The standard InChI is InChI=1S/C15H24N2/c1-13-7-2-5-10-15(13)17(12-6-11-16)14-8-3-4-9-14/h2,5,7,10,14H,3-4,6,8-9,11-12,16H2,1H3. The number of nitrogens with zero attached hydrogens (tertiary/aromatic N) is 1. The lowest BCUT2D eigenvalue weighted by Crippen LogP contribution is -2.35. The predicted octanol–water partition coefficient (Wildman–Crippen LogP) is 3.09. The molecule has 2 N–H and O–H groups in total. The Balaban J connectivity index is 2.16. The second kappa shape index (κ2) is 6.06. The summed E-state index contributed by atoms with van der Waals surface area (Å²) in [5.74, 6) is 0. The average Bonchev–Trinajstić information content (AvgIpc) is 2.85. The molecule has 2 rings (SSSR count). The number of nitrogens with two attached hydrogens (primary N) is 1. The van der Waals surface area contributed by atoms with Crippen LogP contribution in [0.1, 0.15) is 37.7 Å². The molecule has 0 radical (unpaired) electrons. The van der Waals surface area contributed by atoms with Crippen LogP contribution in [0.15, 0.2) is 24.3 Å². The molecule has 0 bridgehead atoms. The van der Waals surface area contributed by atoms with Crippen molar-refractivity contribution in [1.82, 2.24) is 0 Å². The number of para-hydroxylation sites is 1. The van der Waals surface area contributed by atoms with Gasteiger partial charge in [-0.2, -0.15) is 0 Å². The molecule has 0 atom stereocenters. The van der Waals surface area contributed by atoms with E-state index in [0.29, 0.717) is 0 Å². The lowest BCUT2D eigenvalue weighted by Gasteiger charge is -2.32. The van der Waals surface area contributed by atoms with Crippen molar-refractivity contribution in [2.24, 2.45) is 5.73 Å². The van der Waals surface area contributed by atoms with E-state index in [1.165, 1.54) is 36.9 Å². The molecular weight excluding hydrogens is 208 g/mol. The molecule has 2 nitrogen and oxygen atoms in total. The van der Waals surface area contributed by atoms with E-state index in [1.807, 2.05) is 0 Å². The first-order chi connectivity index (χ1) is 8.33. The van der Waals surface area contributed by atoms with Gasteiger partial charge in [0.05, 0.1) is 0 Å². The number of aryl methyl sites for hydroxylation is 1. The van der Waals surface area contributed by atoms with E-state index in [1.54, 1.807) is 0 Å². The fraction of sp³-hybridized carbons (Fsp3) is 0.600. The lowest BCUT2D eigenvalue weighted by atomic mass is 10.1. The first-order valence-corrected chi connectivity index (χ1v) is 6.85. The van der Waals surface area contributed by atoms with Crippen LogP contribution in [0.4, 0.5) is 5.69 Å². The average molecular weight is 232 g/mol. The molecular formula is C15H24N2. The highest BCUT2D eigenvalue weighted by molar-refractivity contribution is 5.53. The Kier molecular flexibility index (Phi) is 4.43. The molecule has 0 unspecified atom stereocenters. The highest BCUT2D eigenvalue weighted by Crippen LogP contribution is 2.30.